The summed E-state index contributed by atoms with van der Waals surface area (Å²) in [6.45, 7) is 2.17. The lowest BCUT2D eigenvalue weighted by molar-refractivity contribution is 0.776. The van der Waals surface area contributed by atoms with Crippen molar-refractivity contribution < 1.29 is 0 Å². The smallest absolute Gasteiger partial charge is 0.0223 e. The van der Waals surface area contributed by atoms with Gasteiger partial charge in [0.05, 0.1) is 0 Å². The maximum atomic E-state index is 6.00. The number of hydrogen-bond acceptors (Lipinski definition) is 2. The van der Waals surface area contributed by atoms with Gasteiger partial charge < -0.3 is 0 Å². The number of hydrogen-bond donors (Lipinski definition) is 0. The average Bonchev–Trinajstić information content (AvgIpc) is 1.88. The summed E-state index contributed by atoms with van der Waals surface area (Å²) >= 11 is 5.38. The minimum atomic E-state index is 0.827. The van der Waals surface area contributed by atoms with Gasteiger partial charge in [-0.05, 0) is 6.42 Å². The Bertz CT molecular complexity index is 40.9. The number of nitrogens with zero attached hydrogens (tertiary/aromatic N) is 2. The number of halogens is 1. The zero-order chi connectivity index (χ0) is 6.83. The second-order valence-electron chi connectivity index (χ2n) is 1.40. The van der Waals surface area contributed by atoms with Gasteiger partial charge in [0.15, 0.2) is 0 Å². The summed E-state index contributed by atoms with van der Waals surface area (Å²) < 4.78 is 0. The van der Waals surface area contributed by atoms with Crippen molar-refractivity contribution >= 4 is 11.6 Å². The molecule has 3 heteroatoms. The Morgan fingerprint density at radius 3 is 1.88 bits per heavy atom. The first kappa shape index (κ1) is 10.6. The Hall–Kier alpha value is -0.290. The third-order valence-corrected chi connectivity index (χ3v) is 1.00. The molecule has 0 bridgehead atoms. The average molecular weight is 135 g/mol. The zero-order valence-corrected chi connectivity index (χ0v) is 5.86. The molecule has 0 saturated heterocycles. The van der Waals surface area contributed by atoms with Gasteiger partial charge in [-0.15, -0.1) is 11.6 Å². The maximum absolute atomic E-state index is 6.00. The van der Waals surface area contributed by atoms with Crippen LogP contribution < -0.4 is 0 Å². The largest absolute Gasteiger partial charge is 0.127 e. The van der Waals surface area contributed by atoms with E-state index in [0.29, 0.717) is 0 Å². The molecule has 0 heterocycles. The molecule has 0 rings (SSSR count). The molecule has 48 valence electrons. The third-order valence-electron chi connectivity index (χ3n) is 0.737. The molecule has 0 aliphatic rings. The van der Waals surface area contributed by atoms with Gasteiger partial charge in [0, 0.05) is 16.7 Å². The predicted octanol–water partition coefficient (Wildman–Crippen LogP) is 2.45. The van der Waals surface area contributed by atoms with Crippen molar-refractivity contribution in [3.63, 3.8) is 0 Å². The van der Waals surface area contributed by atoms with E-state index in [4.69, 9.17) is 22.4 Å². The summed E-state index contributed by atoms with van der Waals surface area (Å²) in [7, 11) is 0. The molecule has 0 spiro atoms. The van der Waals surface area contributed by atoms with Crippen molar-refractivity contribution in [2.45, 2.75) is 26.2 Å². The maximum Gasteiger partial charge on any atom is 0.0223 e. The molecule has 0 aromatic rings. The van der Waals surface area contributed by atoms with Crippen LogP contribution in [-0.4, -0.2) is 5.88 Å². The molecule has 0 aliphatic carbocycles. The van der Waals surface area contributed by atoms with E-state index in [1.807, 2.05) is 0 Å². The fourth-order valence-corrected chi connectivity index (χ4v) is 0.533. The van der Waals surface area contributed by atoms with Gasteiger partial charge in [-0.2, -0.15) is 0 Å². The van der Waals surface area contributed by atoms with Gasteiger partial charge in [0.2, 0.25) is 0 Å². The molecular formula is C5H11ClN2. The molecule has 0 amide bonds. The third kappa shape index (κ3) is 17.2. The van der Waals surface area contributed by atoms with Gasteiger partial charge in [0.1, 0.15) is 0 Å². The summed E-state index contributed by atoms with van der Waals surface area (Å²) in [5, 5.41) is 12.0. The lowest BCUT2D eigenvalue weighted by atomic mass is 10.3. The topological polar surface area (TPSA) is 47.6 Å². The van der Waals surface area contributed by atoms with Crippen molar-refractivity contribution in [1.82, 2.24) is 0 Å². The SMILES string of the molecule is CCCCCCl.N#N. The Labute approximate surface area is 55.3 Å². The second kappa shape index (κ2) is 15.9. The van der Waals surface area contributed by atoms with Gasteiger partial charge in [-0.25, -0.2) is 0 Å². The van der Waals surface area contributed by atoms with Gasteiger partial charge in [-0.1, -0.05) is 19.8 Å². The predicted molar refractivity (Wildman–Crippen MR) is 33.7 cm³/mol. The Kier molecular flexibility index (Phi) is 21.2. The summed E-state index contributed by atoms with van der Waals surface area (Å²) in [4.78, 5) is 0. The lowest BCUT2D eigenvalue weighted by Crippen LogP contribution is -1.70. The molecule has 0 fully saturated rings. The van der Waals surface area contributed by atoms with Crippen LogP contribution in [0.15, 0.2) is 0 Å². The fourth-order valence-electron chi connectivity index (χ4n) is 0.344. The van der Waals surface area contributed by atoms with Crippen LogP contribution in [-0.2, 0) is 0 Å². The van der Waals surface area contributed by atoms with Crippen LogP contribution in [0.1, 0.15) is 26.2 Å². The van der Waals surface area contributed by atoms with Crippen LogP contribution in [0.3, 0.4) is 0 Å². The highest BCUT2D eigenvalue weighted by Crippen LogP contribution is 1.93. The first-order valence-electron chi connectivity index (χ1n) is 2.67. The first-order valence-corrected chi connectivity index (χ1v) is 3.21. The molecule has 8 heavy (non-hydrogen) atoms. The molecule has 0 N–H and O–H groups in total. The van der Waals surface area contributed by atoms with Gasteiger partial charge in [-0.3, -0.25) is 0 Å². The molecule has 0 aromatic heterocycles. The Balaban J connectivity index is 0. The minimum absolute atomic E-state index is 0.827. The summed E-state index contributed by atoms with van der Waals surface area (Å²) in [6.07, 6.45) is 3.73. The molecule has 0 saturated carbocycles. The highest BCUT2D eigenvalue weighted by molar-refractivity contribution is 6.17. The number of rotatable bonds is 3. The highest BCUT2D eigenvalue weighted by Gasteiger charge is 1.76. The van der Waals surface area contributed by atoms with E-state index in [0.717, 1.165) is 5.88 Å². The molecule has 2 nitrogen and oxygen atoms in total. The normalized spacial score (nSPS) is 7.00. The van der Waals surface area contributed by atoms with Crippen molar-refractivity contribution in [3.8, 4) is 0 Å². The molecule has 0 radical (unpaired) electrons. The first-order chi connectivity index (χ1) is 3.91. The molecule has 0 unspecified atom stereocenters. The van der Waals surface area contributed by atoms with E-state index in [9.17, 15) is 0 Å². The molecule has 0 atom stereocenters. The highest BCUT2D eigenvalue weighted by atomic mass is 35.5. The van der Waals surface area contributed by atoms with Crippen molar-refractivity contribution in [2.24, 2.45) is 0 Å². The summed E-state index contributed by atoms with van der Waals surface area (Å²) in [5.74, 6) is 0.827. The van der Waals surface area contributed by atoms with E-state index in [-0.39, 0.29) is 0 Å². The monoisotopic (exact) mass is 134 g/mol. The number of alkyl halides is 1. The van der Waals surface area contributed by atoms with Crippen LogP contribution in [0.4, 0.5) is 0 Å². The number of unbranched alkanes of at least 4 members (excludes halogenated alkanes) is 2. The van der Waals surface area contributed by atoms with E-state index >= 15 is 0 Å². The minimum Gasteiger partial charge on any atom is -0.127 e. The van der Waals surface area contributed by atoms with Crippen LogP contribution in [0.25, 0.3) is 0 Å². The molecule has 0 aromatic carbocycles. The van der Waals surface area contributed by atoms with Crippen LogP contribution >= 0.6 is 11.6 Å². The Morgan fingerprint density at radius 1 is 1.25 bits per heavy atom. The van der Waals surface area contributed by atoms with Crippen molar-refractivity contribution in [2.75, 3.05) is 5.88 Å². The van der Waals surface area contributed by atoms with Gasteiger partial charge >= 0.3 is 0 Å². The lowest BCUT2D eigenvalue weighted by Gasteiger charge is -1.84. The zero-order valence-electron chi connectivity index (χ0n) is 5.10. The second-order valence-corrected chi connectivity index (χ2v) is 1.77. The fraction of sp³-hybridized carbons (Fsp3) is 1.00. The van der Waals surface area contributed by atoms with Crippen LogP contribution in [0.2, 0.25) is 0 Å². The summed E-state index contributed by atoms with van der Waals surface area (Å²) in [5.41, 5.74) is 0. The quantitative estimate of drug-likeness (QED) is 0.338. The van der Waals surface area contributed by atoms with Crippen molar-refractivity contribution in [3.05, 3.63) is 0 Å². The van der Waals surface area contributed by atoms with E-state index < -0.39 is 0 Å². The molecule has 0 aliphatic heterocycles. The van der Waals surface area contributed by atoms with E-state index in [2.05, 4.69) is 6.92 Å². The summed E-state index contributed by atoms with van der Waals surface area (Å²) in [6, 6.07) is 0. The van der Waals surface area contributed by atoms with Crippen LogP contribution in [0.5, 0.6) is 0 Å². The standard InChI is InChI=1S/C5H11Cl.N2/c1-2-3-4-5-6;1-2/h2-5H2,1H3;. The van der Waals surface area contributed by atoms with Gasteiger partial charge in [0.25, 0.3) is 0 Å². The van der Waals surface area contributed by atoms with E-state index in [1.165, 1.54) is 19.3 Å². The van der Waals surface area contributed by atoms with E-state index in [1.54, 1.807) is 0 Å². The molecular weight excluding hydrogens is 124 g/mol. The Morgan fingerprint density at radius 2 is 1.75 bits per heavy atom. The van der Waals surface area contributed by atoms with Crippen LogP contribution in [0, 0.1) is 10.8 Å². The van der Waals surface area contributed by atoms with Crippen molar-refractivity contribution in [1.29, 1.82) is 10.8 Å².